The molecule has 4 bridgehead atoms. The molecule has 2 nitrogen and oxygen atoms in total. The first-order valence-corrected chi connectivity index (χ1v) is 5.77. The van der Waals surface area contributed by atoms with Gasteiger partial charge in [-0.3, -0.25) is 4.90 Å². The van der Waals surface area contributed by atoms with E-state index in [-0.39, 0.29) is 0 Å². The van der Waals surface area contributed by atoms with Gasteiger partial charge in [-0.05, 0) is 36.5 Å². The Kier molecular flexibility index (Phi) is 1.28. The third-order valence-corrected chi connectivity index (χ3v) is 4.89. The van der Waals surface area contributed by atoms with E-state index in [2.05, 4.69) is 4.90 Å². The Bertz CT molecular complexity index is 222. The first-order chi connectivity index (χ1) is 6.45. The van der Waals surface area contributed by atoms with Gasteiger partial charge in [-0.1, -0.05) is 0 Å². The van der Waals surface area contributed by atoms with Gasteiger partial charge in [0.25, 0.3) is 0 Å². The van der Waals surface area contributed by atoms with Gasteiger partial charge in [0.15, 0.2) is 0 Å². The molecule has 3 unspecified atom stereocenters. The first-order valence-electron chi connectivity index (χ1n) is 5.77. The van der Waals surface area contributed by atoms with E-state index in [4.69, 9.17) is 4.74 Å². The second-order valence-electron chi connectivity index (χ2n) is 5.28. The molecule has 4 aliphatic carbocycles. The van der Waals surface area contributed by atoms with Crippen LogP contribution in [0.3, 0.4) is 0 Å². The maximum atomic E-state index is 5.42. The number of morpholine rings is 1. The summed E-state index contributed by atoms with van der Waals surface area (Å²) in [6.45, 7) is 4.37. The fourth-order valence-corrected chi connectivity index (χ4v) is 4.45. The third-order valence-electron chi connectivity index (χ3n) is 4.89. The van der Waals surface area contributed by atoms with Crippen LogP contribution in [0.25, 0.3) is 0 Å². The molecular weight excluding hydrogens is 162 g/mol. The topological polar surface area (TPSA) is 12.5 Å². The Morgan fingerprint density at radius 2 is 1.69 bits per heavy atom. The summed E-state index contributed by atoms with van der Waals surface area (Å²) in [6, 6.07) is 0.985. The zero-order valence-corrected chi connectivity index (χ0v) is 7.98. The lowest BCUT2D eigenvalue weighted by Crippen LogP contribution is -2.45. The summed E-state index contributed by atoms with van der Waals surface area (Å²) >= 11 is 0. The predicted octanol–water partition coefficient (Wildman–Crippen LogP) is 0.973. The number of hydrogen-bond acceptors (Lipinski definition) is 2. The molecule has 4 saturated carbocycles. The van der Waals surface area contributed by atoms with Crippen LogP contribution in [0.15, 0.2) is 0 Å². The van der Waals surface area contributed by atoms with Gasteiger partial charge >= 0.3 is 0 Å². The van der Waals surface area contributed by atoms with E-state index in [1.807, 2.05) is 0 Å². The van der Waals surface area contributed by atoms with E-state index in [1.54, 1.807) is 12.8 Å². The van der Waals surface area contributed by atoms with Crippen molar-refractivity contribution >= 4 is 0 Å². The monoisotopic (exact) mass is 179 g/mol. The number of ether oxygens (including phenoxy) is 1. The SMILES string of the molecule is C1CN(C2C3CC4C(C3)C42)CCO1. The second kappa shape index (κ2) is 2.29. The molecule has 0 aromatic carbocycles. The second-order valence-corrected chi connectivity index (χ2v) is 5.28. The fourth-order valence-electron chi connectivity index (χ4n) is 4.45. The minimum absolute atomic E-state index is 0.977. The molecule has 5 fully saturated rings. The van der Waals surface area contributed by atoms with Gasteiger partial charge in [0.1, 0.15) is 0 Å². The van der Waals surface area contributed by atoms with Crippen LogP contribution < -0.4 is 0 Å². The first kappa shape index (κ1) is 7.24. The van der Waals surface area contributed by atoms with Crippen LogP contribution in [-0.2, 0) is 4.74 Å². The van der Waals surface area contributed by atoms with E-state index in [0.29, 0.717) is 0 Å². The summed E-state index contributed by atoms with van der Waals surface area (Å²) in [5, 5.41) is 0. The summed E-state index contributed by atoms with van der Waals surface area (Å²) in [6.07, 6.45) is 3.13. The maximum Gasteiger partial charge on any atom is 0.0594 e. The number of nitrogens with zero attached hydrogens (tertiary/aromatic N) is 1. The van der Waals surface area contributed by atoms with Gasteiger partial charge in [0.05, 0.1) is 13.2 Å². The van der Waals surface area contributed by atoms with E-state index >= 15 is 0 Å². The third kappa shape index (κ3) is 0.816. The Labute approximate surface area is 79.2 Å². The van der Waals surface area contributed by atoms with E-state index in [0.717, 1.165) is 42.9 Å². The van der Waals surface area contributed by atoms with Crippen molar-refractivity contribution in [1.82, 2.24) is 4.90 Å². The summed E-state index contributed by atoms with van der Waals surface area (Å²) in [5.41, 5.74) is 0. The molecule has 5 aliphatic rings. The molecule has 72 valence electrons. The van der Waals surface area contributed by atoms with Crippen LogP contribution in [-0.4, -0.2) is 37.2 Å². The highest BCUT2D eigenvalue weighted by Crippen LogP contribution is 2.71. The summed E-state index contributed by atoms with van der Waals surface area (Å²) in [5.74, 6) is 4.54. The average Bonchev–Trinajstić information content (AvgIpc) is 2.65. The van der Waals surface area contributed by atoms with Crippen LogP contribution in [0.2, 0.25) is 0 Å². The molecule has 0 aromatic rings. The molecule has 0 N–H and O–H groups in total. The number of hydrogen-bond donors (Lipinski definition) is 0. The predicted molar refractivity (Wildman–Crippen MR) is 49.4 cm³/mol. The summed E-state index contributed by atoms with van der Waals surface area (Å²) < 4.78 is 5.42. The van der Waals surface area contributed by atoms with Crippen molar-refractivity contribution in [2.24, 2.45) is 23.7 Å². The maximum absolute atomic E-state index is 5.42. The largest absolute Gasteiger partial charge is 0.379 e. The van der Waals surface area contributed by atoms with Gasteiger partial charge < -0.3 is 4.74 Å². The molecule has 0 radical (unpaired) electrons. The van der Waals surface area contributed by atoms with Gasteiger partial charge in [-0.15, -0.1) is 0 Å². The fraction of sp³-hybridized carbons (Fsp3) is 1.00. The van der Waals surface area contributed by atoms with Gasteiger partial charge in [0, 0.05) is 19.1 Å². The van der Waals surface area contributed by atoms with Gasteiger partial charge in [-0.25, -0.2) is 0 Å². The molecule has 5 rings (SSSR count). The molecule has 1 aliphatic heterocycles. The van der Waals surface area contributed by atoms with Crippen LogP contribution in [0.5, 0.6) is 0 Å². The molecule has 0 amide bonds. The molecule has 13 heavy (non-hydrogen) atoms. The van der Waals surface area contributed by atoms with Crippen LogP contribution in [0.4, 0.5) is 0 Å². The minimum Gasteiger partial charge on any atom is -0.379 e. The van der Waals surface area contributed by atoms with E-state index in [9.17, 15) is 0 Å². The van der Waals surface area contributed by atoms with Crippen molar-refractivity contribution in [2.75, 3.05) is 26.3 Å². The molecule has 1 saturated heterocycles. The normalized spacial score (nSPS) is 58.6. The van der Waals surface area contributed by atoms with Crippen LogP contribution in [0.1, 0.15) is 12.8 Å². The Balaban J connectivity index is 1.55. The highest BCUT2D eigenvalue weighted by Gasteiger charge is 2.69. The standard InChI is InChI=1S/C11H17NO/c1-3-13-4-2-12(1)11-7-5-8-9(6-7)10(8)11/h7-11H,1-6H2. The zero-order valence-electron chi connectivity index (χ0n) is 7.98. The highest BCUT2D eigenvalue weighted by atomic mass is 16.5. The van der Waals surface area contributed by atoms with Crippen LogP contribution in [0, 0.1) is 23.7 Å². The Morgan fingerprint density at radius 1 is 1.00 bits per heavy atom. The lowest BCUT2D eigenvalue weighted by atomic mass is 10.0. The molecule has 0 aromatic heterocycles. The van der Waals surface area contributed by atoms with Crippen molar-refractivity contribution in [3.8, 4) is 0 Å². The van der Waals surface area contributed by atoms with Gasteiger partial charge in [0.2, 0.25) is 0 Å². The summed E-state index contributed by atoms with van der Waals surface area (Å²) in [7, 11) is 0. The molecular formula is C11H17NO. The molecule has 3 atom stereocenters. The minimum atomic E-state index is 0.977. The van der Waals surface area contributed by atoms with Crippen molar-refractivity contribution in [3.63, 3.8) is 0 Å². The quantitative estimate of drug-likeness (QED) is 0.595. The lowest BCUT2D eigenvalue weighted by Gasteiger charge is -2.34. The molecule has 0 spiro atoms. The van der Waals surface area contributed by atoms with Crippen LogP contribution >= 0.6 is 0 Å². The Morgan fingerprint density at radius 3 is 2.23 bits per heavy atom. The van der Waals surface area contributed by atoms with Gasteiger partial charge in [-0.2, -0.15) is 0 Å². The van der Waals surface area contributed by atoms with Crippen molar-refractivity contribution in [3.05, 3.63) is 0 Å². The highest BCUT2D eigenvalue weighted by molar-refractivity contribution is 5.19. The van der Waals surface area contributed by atoms with E-state index in [1.165, 1.54) is 13.1 Å². The van der Waals surface area contributed by atoms with Crippen molar-refractivity contribution in [1.29, 1.82) is 0 Å². The average molecular weight is 179 g/mol. The Hall–Kier alpha value is -0.0800. The van der Waals surface area contributed by atoms with E-state index < -0.39 is 0 Å². The molecule has 1 heterocycles. The lowest BCUT2D eigenvalue weighted by molar-refractivity contribution is 0.00818. The zero-order chi connectivity index (χ0) is 8.41. The van der Waals surface area contributed by atoms with Crippen molar-refractivity contribution < 1.29 is 4.74 Å². The molecule has 2 heteroatoms. The van der Waals surface area contributed by atoms with Crippen molar-refractivity contribution in [2.45, 2.75) is 18.9 Å². The summed E-state index contributed by atoms with van der Waals surface area (Å²) in [4.78, 5) is 2.73. The smallest absolute Gasteiger partial charge is 0.0594 e. The number of rotatable bonds is 1.